The van der Waals surface area contributed by atoms with E-state index in [2.05, 4.69) is 280 Å². The highest BCUT2D eigenvalue weighted by molar-refractivity contribution is 6.22. The van der Waals surface area contributed by atoms with E-state index in [9.17, 15) is 0 Å². The zero-order chi connectivity index (χ0) is 51.0. The van der Waals surface area contributed by atoms with Crippen molar-refractivity contribution in [2.45, 2.75) is 37.5 Å². The summed E-state index contributed by atoms with van der Waals surface area (Å²) in [6.45, 7) is 4.79. The molecule has 0 fully saturated rings. The number of anilines is 3. The largest absolute Gasteiger partial charge is 0.309 e. The van der Waals surface area contributed by atoms with Gasteiger partial charge in [-0.05, 0) is 159 Å². The molecule has 0 atom stereocenters. The van der Waals surface area contributed by atoms with Gasteiger partial charge >= 0.3 is 0 Å². The molecule has 16 rings (SSSR count). The van der Waals surface area contributed by atoms with Crippen LogP contribution < -0.4 is 4.90 Å². The fraction of sp³-hybridized carbons (Fsp3) is 0.0789. The number of hydrogen-bond donors (Lipinski definition) is 0. The summed E-state index contributed by atoms with van der Waals surface area (Å²) >= 11 is 0. The van der Waals surface area contributed by atoms with Crippen LogP contribution in [0.25, 0.3) is 100 Å². The summed E-state index contributed by atoms with van der Waals surface area (Å²) in [5, 5.41) is 5.19. The SMILES string of the molecule is CCC1(CC)c2cc(/C=C/c3cccc4c3-c3ccccc3C4(c3ccccc3)c3ccccc3)ccc2-c2ccc(N(c3ccc4c5c(cccc35)-c3ccccc3-4)c3ccc4c5c(cccc35)-c3ccccc3-4)cc21. The Balaban J connectivity index is 0.842. The topological polar surface area (TPSA) is 3.24 Å². The maximum Gasteiger partial charge on any atom is 0.0713 e. The second-order valence-electron chi connectivity index (χ2n) is 21.6. The first kappa shape index (κ1) is 44.0. The van der Waals surface area contributed by atoms with Crippen LogP contribution in [0.15, 0.2) is 249 Å². The molecule has 0 N–H and O–H groups in total. The Labute approximate surface area is 450 Å². The lowest BCUT2D eigenvalue weighted by molar-refractivity contribution is 0.490. The Hall–Kier alpha value is -9.30. The molecular weight excluding hydrogens is 927 g/mol. The van der Waals surface area contributed by atoms with Gasteiger partial charge in [-0.15, -0.1) is 0 Å². The van der Waals surface area contributed by atoms with Gasteiger partial charge in [-0.2, -0.15) is 0 Å². The minimum Gasteiger partial charge on any atom is -0.309 e. The third-order valence-corrected chi connectivity index (χ3v) is 18.3. The number of benzene rings is 12. The first-order valence-corrected chi connectivity index (χ1v) is 27.5. The second-order valence-corrected chi connectivity index (χ2v) is 21.6. The molecule has 0 saturated carbocycles. The van der Waals surface area contributed by atoms with Crippen molar-refractivity contribution in [2.75, 3.05) is 4.90 Å². The lowest BCUT2D eigenvalue weighted by Gasteiger charge is -2.33. The molecule has 0 spiro atoms. The van der Waals surface area contributed by atoms with Crippen molar-refractivity contribution >= 4 is 50.8 Å². The van der Waals surface area contributed by atoms with Crippen LogP contribution in [0.2, 0.25) is 0 Å². The predicted molar refractivity (Wildman–Crippen MR) is 324 cm³/mol. The zero-order valence-corrected chi connectivity index (χ0v) is 43.2. The Morgan fingerprint density at radius 1 is 0.338 bits per heavy atom. The third kappa shape index (κ3) is 5.95. The molecule has 0 saturated heterocycles. The van der Waals surface area contributed by atoms with Crippen LogP contribution in [-0.2, 0) is 10.8 Å². The number of hydrogen-bond acceptors (Lipinski definition) is 1. The summed E-state index contributed by atoms with van der Waals surface area (Å²) in [7, 11) is 0. The maximum atomic E-state index is 2.59. The van der Waals surface area contributed by atoms with Crippen LogP contribution >= 0.6 is 0 Å². The molecule has 0 unspecified atom stereocenters. The monoisotopic (exact) mass is 979 g/mol. The standard InChI is InChI=1S/C76H53N/c1-3-75(4-2)68-46-48(36-38-49-20-17-35-67-72(49)63-29-15-16-34-66(63)76(67,50-21-7-5-8-22-50)51-23-9-6-10-24-51)37-40-57(68)58-41-39-52(47-69(58)75)77(70-44-42-61-55-27-13-11-25-53(55)59-30-18-32-64(70)73(59)61)71-45-43-62-56-28-14-12-26-54(56)60-31-19-33-65(71)74(60)62/h5-47H,3-4H2,1-2H3/b38-36+. The van der Waals surface area contributed by atoms with Gasteiger partial charge in [-0.1, -0.05) is 250 Å². The van der Waals surface area contributed by atoms with Crippen molar-refractivity contribution in [3.8, 4) is 66.8 Å². The molecule has 0 amide bonds. The first-order valence-electron chi connectivity index (χ1n) is 27.5. The van der Waals surface area contributed by atoms with Crippen LogP contribution in [0.4, 0.5) is 17.1 Å². The average Bonchev–Trinajstić information content (AvgIpc) is 4.36. The van der Waals surface area contributed by atoms with E-state index in [0.717, 1.165) is 12.8 Å². The van der Waals surface area contributed by atoms with Crippen LogP contribution in [0.5, 0.6) is 0 Å². The van der Waals surface area contributed by atoms with Crippen LogP contribution in [0.3, 0.4) is 0 Å². The van der Waals surface area contributed by atoms with E-state index < -0.39 is 5.41 Å². The number of rotatable bonds is 9. The Morgan fingerprint density at radius 3 is 1.36 bits per heavy atom. The molecule has 4 aliphatic rings. The normalized spacial score (nSPS) is 14.1. The first-order chi connectivity index (χ1) is 38.1. The maximum absolute atomic E-state index is 2.59. The van der Waals surface area contributed by atoms with E-state index in [1.54, 1.807) is 0 Å². The van der Waals surface area contributed by atoms with Gasteiger partial charge < -0.3 is 4.90 Å². The van der Waals surface area contributed by atoms with Gasteiger partial charge in [0.2, 0.25) is 0 Å². The van der Waals surface area contributed by atoms with Crippen molar-refractivity contribution in [3.63, 3.8) is 0 Å². The molecule has 0 aliphatic heterocycles. The molecule has 12 aromatic rings. The summed E-state index contributed by atoms with van der Waals surface area (Å²) in [6, 6.07) is 94.0. The van der Waals surface area contributed by atoms with Gasteiger partial charge in [0.15, 0.2) is 0 Å². The van der Waals surface area contributed by atoms with E-state index in [1.165, 1.54) is 150 Å². The average molecular weight is 980 g/mol. The summed E-state index contributed by atoms with van der Waals surface area (Å²) in [5.74, 6) is 0. The molecule has 4 aliphatic carbocycles. The highest BCUT2D eigenvalue weighted by atomic mass is 15.1. The Kier molecular flexibility index (Phi) is 9.49. The zero-order valence-electron chi connectivity index (χ0n) is 43.2. The van der Waals surface area contributed by atoms with Gasteiger partial charge in [0.05, 0.1) is 16.8 Å². The summed E-state index contributed by atoms with van der Waals surface area (Å²) in [6.07, 6.45) is 6.71. The van der Waals surface area contributed by atoms with E-state index >= 15 is 0 Å². The minimum atomic E-state index is -0.436. The van der Waals surface area contributed by atoms with Gasteiger partial charge in [-0.25, -0.2) is 0 Å². The van der Waals surface area contributed by atoms with Crippen molar-refractivity contribution in [2.24, 2.45) is 0 Å². The fourth-order valence-corrected chi connectivity index (χ4v) is 15.0. The molecule has 1 heteroatoms. The summed E-state index contributed by atoms with van der Waals surface area (Å²) in [5.41, 5.74) is 29.2. The molecule has 362 valence electrons. The molecule has 0 bridgehead atoms. The number of fused-ring (bicyclic) bond motifs is 12. The molecule has 12 aromatic carbocycles. The molecule has 1 nitrogen and oxygen atoms in total. The minimum absolute atomic E-state index is 0.179. The molecule has 0 heterocycles. The van der Waals surface area contributed by atoms with Gasteiger partial charge in [0.25, 0.3) is 0 Å². The smallest absolute Gasteiger partial charge is 0.0713 e. The highest BCUT2D eigenvalue weighted by Crippen LogP contribution is 2.60. The van der Waals surface area contributed by atoms with E-state index in [-0.39, 0.29) is 5.41 Å². The van der Waals surface area contributed by atoms with Crippen LogP contribution in [0, 0.1) is 0 Å². The van der Waals surface area contributed by atoms with Gasteiger partial charge in [0, 0.05) is 21.9 Å². The second kappa shape index (κ2) is 16.6. The lowest BCUT2D eigenvalue weighted by Crippen LogP contribution is -2.28. The van der Waals surface area contributed by atoms with Gasteiger partial charge in [0.1, 0.15) is 0 Å². The van der Waals surface area contributed by atoms with Crippen LogP contribution in [-0.4, -0.2) is 0 Å². The van der Waals surface area contributed by atoms with Gasteiger partial charge in [-0.3, -0.25) is 0 Å². The summed E-state index contributed by atoms with van der Waals surface area (Å²) in [4.78, 5) is 2.59. The van der Waals surface area contributed by atoms with Crippen molar-refractivity contribution in [1.82, 2.24) is 0 Å². The fourth-order valence-electron chi connectivity index (χ4n) is 15.0. The Bertz CT molecular complexity index is 4240. The van der Waals surface area contributed by atoms with Crippen molar-refractivity contribution in [3.05, 3.63) is 293 Å². The Morgan fingerprint density at radius 2 is 0.792 bits per heavy atom. The predicted octanol–water partition coefficient (Wildman–Crippen LogP) is 20.4. The molecule has 0 radical (unpaired) electrons. The molecule has 77 heavy (non-hydrogen) atoms. The van der Waals surface area contributed by atoms with E-state index in [0.29, 0.717) is 0 Å². The van der Waals surface area contributed by atoms with Crippen molar-refractivity contribution < 1.29 is 0 Å². The van der Waals surface area contributed by atoms with Crippen molar-refractivity contribution in [1.29, 1.82) is 0 Å². The third-order valence-electron chi connectivity index (χ3n) is 18.3. The molecule has 0 aromatic heterocycles. The van der Waals surface area contributed by atoms with E-state index in [4.69, 9.17) is 0 Å². The quantitative estimate of drug-likeness (QED) is 0.130. The molecular formula is C76H53N. The van der Waals surface area contributed by atoms with E-state index in [1.807, 2.05) is 0 Å². The van der Waals surface area contributed by atoms with Crippen LogP contribution in [0.1, 0.15) is 71.2 Å². The summed E-state index contributed by atoms with van der Waals surface area (Å²) < 4.78 is 0. The highest BCUT2D eigenvalue weighted by Gasteiger charge is 2.47. The number of nitrogens with zero attached hydrogens (tertiary/aromatic N) is 1. The lowest BCUT2D eigenvalue weighted by atomic mass is 9.67.